The molecule has 0 unspecified atom stereocenters. The van der Waals surface area contributed by atoms with Crippen molar-refractivity contribution in [1.29, 1.82) is 0 Å². The van der Waals surface area contributed by atoms with E-state index < -0.39 is 10.0 Å². The highest BCUT2D eigenvalue weighted by molar-refractivity contribution is 8.19. The smallest absolute Gasteiger partial charge is 0.294 e. The van der Waals surface area contributed by atoms with Gasteiger partial charge in [-0.25, -0.2) is 0 Å². The molecule has 26 heavy (non-hydrogen) atoms. The van der Waals surface area contributed by atoms with E-state index in [4.69, 9.17) is 4.74 Å². The highest BCUT2D eigenvalue weighted by Gasteiger charge is 2.34. The van der Waals surface area contributed by atoms with Gasteiger partial charge in [0.1, 0.15) is 9.96 Å². The molecule has 1 aromatic carbocycles. The lowest BCUT2D eigenvalue weighted by molar-refractivity contribution is -0.122. The lowest BCUT2D eigenvalue weighted by Crippen LogP contribution is -2.29. The molecular weight excluding hydrogens is 392 g/mol. The fraction of sp³-hybridized carbons (Fsp3) is 0.176. The van der Waals surface area contributed by atoms with Crippen LogP contribution in [-0.2, 0) is 14.8 Å². The first kappa shape index (κ1) is 18.7. The molecule has 3 rings (SSSR count). The maximum atomic E-state index is 12.6. The van der Waals surface area contributed by atoms with Crippen LogP contribution in [0.3, 0.4) is 0 Å². The monoisotopic (exact) mass is 408 g/mol. The summed E-state index contributed by atoms with van der Waals surface area (Å²) in [4.78, 5) is 14.4. The average molecular weight is 409 g/mol. The van der Waals surface area contributed by atoms with Gasteiger partial charge in [0, 0.05) is 6.54 Å². The molecule has 0 spiro atoms. The molecule has 9 heteroatoms. The third-order valence-electron chi connectivity index (χ3n) is 3.54. The molecule has 1 saturated heterocycles. The molecule has 0 aliphatic carbocycles. The van der Waals surface area contributed by atoms with Gasteiger partial charge in [-0.3, -0.25) is 9.69 Å². The topological polar surface area (TPSA) is 76.0 Å². The third kappa shape index (κ3) is 3.84. The summed E-state index contributed by atoms with van der Waals surface area (Å²) < 4.78 is 34.0. The van der Waals surface area contributed by atoms with Crippen LogP contribution in [0.1, 0.15) is 12.5 Å². The van der Waals surface area contributed by atoms with Gasteiger partial charge in [0.05, 0.1) is 12.0 Å². The molecular formula is C17H16N2O4S3. The number of thioether (sulfide) groups is 1. The molecule has 1 amide bonds. The van der Waals surface area contributed by atoms with E-state index in [2.05, 4.69) is 4.40 Å². The standard InChI is InChI=1S/C17H16N2O4S3/c1-3-19-16(20)14(11-12-6-4-7-13(10-12)23-2)25-17(19)18-26(21,22)15-8-5-9-24-15/h4-11H,3H2,1-2H3. The first-order valence-corrected chi connectivity index (χ1v) is 10.8. The van der Waals surface area contributed by atoms with Gasteiger partial charge < -0.3 is 4.74 Å². The van der Waals surface area contributed by atoms with Gasteiger partial charge in [-0.2, -0.15) is 8.42 Å². The number of ether oxygens (including phenoxy) is 1. The number of rotatable bonds is 5. The Morgan fingerprint density at radius 3 is 2.73 bits per heavy atom. The minimum absolute atomic E-state index is 0.152. The van der Waals surface area contributed by atoms with Crippen molar-refractivity contribution in [2.75, 3.05) is 13.7 Å². The highest BCUT2D eigenvalue weighted by Crippen LogP contribution is 2.34. The van der Waals surface area contributed by atoms with E-state index in [0.717, 1.165) is 28.7 Å². The fourth-order valence-corrected chi connectivity index (χ4v) is 5.51. The molecule has 1 aliphatic heterocycles. The number of benzene rings is 1. The Labute approximate surface area is 160 Å². The highest BCUT2D eigenvalue weighted by atomic mass is 32.2. The molecule has 1 aromatic heterocycles. The quantitative estimate of drug-likeness (QED) is 0.709. The van der Waals surface area contributed by atoms with Gasteiger partial charge >= 0.3 is 0 Å². The van der Waals surface area contributed by atoms with Crippen molar-refractivity contribution in [2.45, 2.75) is 11.1 Å². The summed E-state index contributed by atoms with van der Waals surface area (Å²) in [6.07, 6.45) is 1.71. The molecule has 2 heterocycles. The summed E-state index contributed by atoms with van der Waals surface area (Å²) in [5.74, 6) is 0.414. The lowest BCUT2D eigenvalue weighted by Gasteiger charge is -2.11. The SMILES string of the molecule is CCN1C(=O)C(=Cc2cccc(OC)c2)SC1=NS(=O)(=O)c1cccs1. The summed E-state index contributed by atoms with van der Waals surface area (Å²) in [7, 11) is -2.26. The molecule has 0 N–H and O–H groups in total. The Kier molecular flexibility index (Phi) is 5.49. The van der Waals surface area contributed by atoms with E-state index in [1.54, 1.807) is 37.6 Å². The van der Waals surface area contributed by atoms with Crippen molar-refractivity contribution in [1.82, 2.24) is 4.90 Å². The number of thiophene rings is 1. The number of carbonyl (C=O) groups is 1. The van der Waals surface area contributed by atoms with Crippen LogP contribution in [0.15, 0.2) is 55.3 Å². The van der Waals surface area contributed by atoms with Crippen molar-refractivity contribution >= 4 is 50.3 Å². The first-order chi connectivity index (χ1) is 12.4. The molecule has 1 aliphatic rings. The summed E-state index contributed by atoms with van der Waals surface area (Å²) in [5, 5.41) is 1.84. The molecule has 136 valence electrons. The number of hydrogen-bond donors (Lipinski definition) is 0. The minimum atomic E-state index is -3.83. The number of methoxy groups -OCH3 is 1. The molecule has 6 nitrogen and oxygen atoms in total. The van der Waals surface area contributed by atoms with E-state index >= 15 is 0 Å². The number of amides is 1. The Balaban J connectivity index is 1.96. The van der Waals surface area contributed by atoms with E-state index in [1.807, 2.05) is 18.2 Å². The van der Waals surface area contributed by atoms with Crippen molar-refractivity contribution in [3.05, 3.63) is 52.2 Å². The predicted molar refractivity (Wildman–Crippen MR) is 105 cm³/mol. The maximum absolute atomic E-state index is 12.6. The van der Waals surface area contributed by atoms with Crippen LogP contribution < -0.4 is 4.74 Å². The summed E-state index contributed by atoms with van der Waals surface area (Å²) in [6.45, 7) is 2.11. The normalized spacial score (nSPS) is 18.1. The van der Waals surface area contributed by atoms with E-state index in [1.165, 1.54) is 11.0 Å². The predicted octanol–water partition coefficient (Wildman–Crippen LogP) is 3.44. The number of carbonyl (C=O) groups excluding carboxylic acids is 1. The summed E-state index contributed by atoms with van der Waals surface area (Å²) >= 11 is 2.15. The number of hydrogen-bond acceptors (Lipinski definition) is 6. The number of nitrogens with zero attached hydrogens (tertiary/aromatic N) is 2. The van der Waals surface area contributed by atoms with Gasteiger partial charge in [0.2, 0.25) is 0 Å². The van der Waals surface area contributed by atoms with Gasteiger partial charge in [-0.15, -0.1) is 15.7 Å². The van der Waals surface area contributed by atoms with Crippen molar-refractivity contribution in [2.24, 2.45) is 4.40 Å². The maximum Gasteiger partial charge on any atom is 0.294 e. The molecule has 0 radical (unpaired) electrons. The van der Waals surface area contributed by atoms with Crippen LogP contribution >= 0.6 is 23.1 Å². The zero-order valence-electron chi connectivity index (χ0n) is 14.1. The third-order valence-corrected chi connectivity index (χ3v) is 7.31. The van der Waals surface area contributed by atoms with Crippen LogP contribution in [0.2, 0.25) is 0 Å². The number of likely N-dealkylation sites (N-methyl/N-ethyl adjacent to an activating group) is 1. The number of sulfonamides is 1. The zero-order chi connectivity index (χ0) is 18.7. The van der Waals surface area contributed by atoms with Crippen molar-refractivity contribution < 1.29 is 17.9 Å². The number of amidine groups is 1. The Morgan fingerprint density at radius 1 is 1.27 bits per heavy atom. The lowest BCUT2D eigenvalue weighted by atomic mass is 10.2. The van der Waals surface area contributed by atoms with Crippen molar-refractivity contribution in [3.8, 4) is 5.75 Å². The van der Waals surface area contributed by atoms with Gasteiger partial charge in [-0.05, 0) is 53.9 Å². The van der Waals surface area contributed by atoms with Crippen LogP contribution in [0, 0.1) is 0 Å². The Morgan fingerprint density at radius 2 is 2.08 bits per heavy atom. The molecule has 0 atom stereocenters. The van der Waals surface area contributed by atoms with E-state index in [0.29, 0.717) is 17.2 Å². The first-order valence-electron chi connectivity index (χ1n) is 7.68. The van der Waals surface area contributed by atoms with Crippen LogP contribution in [0.4, 0.5) is 0 Å². The van der Waals surface area contributed by atoms with Crippen molar-refractivity contribution in [3.63, 3.8) is 0 Å². The molecule has 2 aromatic rings. The van der Waals surface area contributed by atoms with E-state index in [9.17, 15) is 13.2 Å². The summed E-state index contributed by atoms with van der Waals surface area (Å²) in [5.41, 5.74) is 0.790. The second-order valence-corrected chi connectivity index (χ2v) is 9.01. The Bertz CT molecular complexity index is 979. The zero-order valence-corrected chi connectivity index (χ0v) is 16.5. The van der Waals surface area contributed by atoms with Gasteiger partial charge in [0.25, 0.3) is 15.9 Å². The van der Waals surface area contributed by atoms with Crippen LogP contribution in [0.5, 0.6) is 5.75 Å². The second-order valence-electron chi connectivity index (χ2n) is 5.22. The second kappa shape index (κ2) is 7.65. The fourth-order valence-electron chi connectivity index (χ4n) is 2.30. The molecule has 1 fully saturated rings. The average Bonchev–Trinajstić information content (AvgIpc) is 3.25. The summed E-state index contributed by atoms with van der Waals surface area (Å²) in [6, 6.07) is 10.4. The molecule has 0 saturated carbocycles. The van der Waals surface area contributed by atoms with Gasteiger partial charge in [0.15, 0.2) is 5.17 Å². The van der Waals surface area contributed by atoms with E-state index in [-0.39, 0.29) is 15.3 Å². The van der Waals surface area contributed by atoms with Crippen LogP contribution in [0.25, 0.3) is 6.08 Å². The molecule has 0 bridgehead atoms. The Hall–Kier alpha value is -2.10. The largest absolute Gasteiger partial charge is 0.497 e. The van der Waals surface area contributed by atoms with Crippen LogP contribution in [-0.4, -0.2) is 38.0 Å². The van der Waals surface area contributed by atoms with Gasteiger partial charge in [-0.1, -0.05) is 18.2 Å². The minimum Gasteiger partial charge on any atom is -0.497 e.